The van der Waals surface area contributed by atoms with Gasteiger partial charge in [0.25, 0.3) is 5.91 Å². The number of amides is 1. The van der Waals surface area contributed by atoms with E-state index in [9.17, 15) is 4.79 Å². The van der Waals surface area contributed by atoms with Crippen molar-refractivity contribution in [1.29, 1.82) is 0 Å². The van der Waals surface area contributed by atoms with Crippen LogP contribution in [-0.2, 0) is 0 Å². The van der Waals surface area contributed by atoms with E-state index < -0.39 is 5.91 Å². The van der Waals surface area contributed by atoms with Gasteiger partial charge in [-0.2, -0.15) is 4.98 Å². The summed E-state index contributed by atoms with van der Waals surface area (Å²) >= 11 is 0. The predicted octanol–water partition coefficient (Wildman–Crippen LogP) is 1.47. The highest BCUT2D eigenvalue weighted by molar-refractivity contribution is 5.95. The number of nitrogens with zero attached hydrogens (tertiary/aromatic N) is 2. The number of carbonyl (C=O) groups excluding carboxylic acids is 1. The van der Waals surface area contributed by atoms with Crippen LogP contribution in [0.3, 0.4) is 0 Å². The molecular weight excluding hydrogens is 268 g/mol. The van der Waals surface area contributed by atoms with Gasteiger partial charge in [-0.3, -0.25) is 4.79 Å². The van der Waals surface area contributed by atoms with E-state index in [2.05, 4.69) is 29.3 Å². The van der Waals surface area contributed by atoms with Crippen LogP contribution < -0.4 is 15.8 Å². The Morgan fingerprint density at radius 1 is 1.33 bits per heavy atom. The number of hydrogen-bond donors (Lipinski definition) is 2. The third-order valence-corrected chi connectivity index (χ3v) is 4.10. The van der Waals surface area contributed by atoms with Crippen molar-refractivity contribution < 1.29 is 9.53 Å². The smallest absolute Gasteiger partial charge is 0.254 e. The van der Waals surface area contributed by atoms with Crippen molar-refractivity contribution in [3.8, 4) is 5.88 Å². The molecule has 2 rings (SSSR count). The molecule has 1 aromatic heterocycles. The summed E-state index contributed by atoms with van der Waals surface area (Å²) in [5, 5.41) is 3.42. The summed E-state index contributed by atoms with van der Waals surface area (Å²) in [6, 6.07) is 4.52. The summed E-state index contributed by atoms with van der Waals surface area (Å²) in [4.78, 5) is 17.9. The Bertz CT molecular complexity index is 496. The number of nitrogens with two attached hydrogens (primary N) is 1. The minimum Gasteiger partial charge on any atom is -0.480 e. The lowest BCUT2D eigenvalue weighted by molar-refractivity contribution is 0.0996. The van der Waals surface area contributed by atoms with Crippen molar-refractivity contribution in [3.05, 3.63) is 17.7 Å². The number of aromatic nitrogens is 1. The van der Waals surface area contributed by atoms with Crippen LogP contribution in [0.15, 0.2) is 12.1 Å². The molecule has 0 radical (unpaired) electrons. The third-order valence-electron chi connectivity index (χ3n) is 4.10. The molecule has 1 amide bonds. The Morgan fingerprint density at radius 2 is 2.00 bits per heavy atom. The maximum Gasteiger partial charge on any atom is 0.254 e. The Labute approximate surface area is 125 Å². The molecule has 21 heavy (non-hydrogen) atoms. The van der Waals surface area contributed by atoms with Gasteiger partial charge < -0.3 is 20.7 Å². The molecule has 6 heteroatoms. The minimum atomic E-state index is -0.530. The molecule has 0 unspecified atom stereocenters. The average molecular weight is 292 g/mol. The molecule has 0 spiro atoms. The van der Waals surface area contributed by atoms with Gasteiger partial charge >= 0.3 is 0 Å². The Kier molecular flexibility index (Phi) is 5.01. The first-order chi connectivity index (χ1) is 10.0. The van der Waals surface area contributed by atoms with Crippen molar-refractivity contribution in [2.24, 2.45) is 5.73 Å². The summed E-state index contributed by atoms with van der Waals surface area (Å²) in [7, 11) is 5.75. The van der Waals surface area contributed by atoms with E-state index in [4.69, 9.17) is 10.5 Å². The van der Waals surface area contributed by atoms with E-state index >= 15 is 0 Å². The predicted molar refractivity (Wildman–Crippen MR) is 82.7 cm³/mol. The molecule has 0 atom stereocenters. The van der Waals surface area contributed by atoms with Gasteiger partial charge in [-0.15, -0.1) is 0 Å². The lowest BCUT2D eigenvalue weighted by Crippen LogP contribution is -2.36. The van der Waals surface area contributed by atoms with Crippen LogP contribution in [0.4, 0.5) is 5.82 Å². The Morgan fingerprint density at radius 3 is 2.52 bits per heavy atom. The van der Waals surface area contributed by atoms with E-state index in [0.717, 1.165) is 18.7 Å². The maximum atomic E-state index is 11.3. The van der Waals surface area contributed by atoms with Gasteiger partial charge in [-0.1, -0.05) is 0 Å². The number of rotatable bonds is 5. The summed E-state index contributed by atoms with van der Waals surface area (Å²) in [6.45, 7) is 0. The van der Waals surface area contributed by atoms with Crippen LogP contribution in [-0.4, -0.2) is 49.1 Å². The van der Waals surface area contributed by atoms with Crippen LogP contribution in [0.1, 0.15) is 36.0 Å². The van der Waals surface area contributed by atoms with E-state index in [1.54, 1.807) is 12.1 Å². The van der Waals surface area contributed by atoms with Crippen LogP contribution in [0.25, 0.3) is 0 Å². The molecule has 116 valence electrons. The number of carbonyl (C=O) groups is 1. The van der Waals surface area contributed by atoms with Gasteiger partial charge in [0, 0.05) is 12.1 Å². The van der Waals surface area contributed by atoms with E-state index in [-0.39, 0.29) is 5.88 Å². The zero-order chi connectivity index (χ0) is 15.4. The van der Waals surface area contributed by atoms with Crippen molar-refractivity contribution in [2.75, 3.05) is 26.5 Å². The lowest BCUT2D eigenvalue weighted by Gasteiger charge is -2.33. The quantitative estimate of drug-likeness (QED) is 0.859. The lowest BCUT2D eigenvalue weighted by atomic mass is 9.90. The molecule has 1 heterocycles. The molecule has 0 saturated heterocycles. The number of hydrogen-bond acceptors (Lipinski definition) is 5. The van der Waals surface area contributed by atoms with Gasteiger partial charge in [-0.05, 0) is 51.9 Å². The largest absolute Gasteiger partial charge is 0.480 e. The molecule has 1 saturated carbocycles. The van der Waals surface area contributed by atoms with Gasteiger partial charge in [0.05, 0.1) is 7.11 Å². The highest BCUT2D eigenvalue weighted by atomic mass is 16.5. The summed E-state index contributed by atoms with van der Waals surface area (Å²) in [6.07, 6.45) is 4.59. The van der Waals surface area contributed by atoms with Crippen LogP contribution in [0.5, 0.6) is 5.88 Å². The van der Waals surface area contributed by atoms with Gasteiger partial charge in [0.15, 0.2) is 0 Å². The number of primary amides is 1. The number of ether oxygens (including phenoxy) is 1. The van der Waals surface area contributed by atoms with Crippen molar-refractivity contribution >= 4 is 11.7 Å². The summed E-state index contributed by atoms with van der Waals surface area (Å²) < 4.78 is 5.13. The second kappa shape index (κ2) is 6.76. The van der Waals surface area contributed by atoms with Crippen LogP contribution in [0.2, 0.25) is 0 Å². The zero-order valence-corrected chi connectivity index (χ0v) is 12.9. The SMILES string of the molecule is COc1nc(NC2CCC(N(C)C)CC2)ccc1C(N)=O. The topological polar surface area (TPSA) is 80.5 Å². The first kappa shape index (κ1) is 15.6. The molecule has 1 aliphatic rings. The zero-order valence-electron chi connectivity index (χ0n) is 12.9. The number of anilines is 1. The molecule has 1 fully saturated rings. The average Bonchev–Trinajstić information content (AvgIpc) is 2.47. The molecule has 3 N–H and O–H groups in total. The third kappa shape index (κ3) is 3.85. The highest BCUT2D eigenvalue weighted by Crippen LogP contribution is 2.25. The first-order valence-corrected chi connectivity index (χ1v) is 7.29. The van der Waals surface area contributed by atoms with Crippen molar-refractivity contribution in [2.45, 2.75) is 37.8 Å². The first-order valence-electron chi connectivity index (χ1n) is 7.29. The number of methoxy groups -OCH3 is 1. The fourth-order valence-electron chi connectivity index (χ4n) is 2.81. The molecular formula is C15H24N4O2. The number of pyridine rings is 1. The molecule has 0 aliphatic heterocycles. The monoisotopic (exact) mass is 292 g/mol. The summed E-state index contributed by atoms with van der Waals surface area (Å²) in [5.41, 5.74) is 5.59. The molecule has 6 nitrogen and oxygen atoms in total. The maximum absolute atomic E-state index is 11.3. The van der Waals surface area contributed by atoms with Gasteiger partial charge in [-0.25, -0.2) is 0 Å². The molecule has 1 aliphatic carbocycles. The molecule has 0 aromatic carbocycles. The normalized spacial score (nSPS) is 22.1. The summed E-state index contributed by atoms with van der Waals surface area (Å²) in [5.74, 6) is 0.469. The van der Waals surface area contributed by atoms with Crippen LogP contribution in [0, 0.1) is 0 Å². The second-order valence-corrected chi connectivity index (χ2v) is 5.73. The molecule has 0 bridgehead atoms. The highest BCUT2D eigenvalue weighted by Gasteiger charge is 2.22. The number of nitrogens with one attached hydrogen (secondary N) is 1. The fourth-order valence-corrected chi connectivity index (χ4v) is 2.81. The van der Waals surface area contributed by atoms with E-state index in [0.29, 0.717) is 17.6 Å². The second-order valence-electron chi connectivity index (χ2n) is 5.73. The van der Waals surface area contributed by atoms with E-state index in [1.807, 2.05) is 0 Å². The van der Waals surface area contributed by atoms with E-state index in [1.165, 1.54) is 20.0 Å². The van der Waals surface area contributed by atoms with Crippen LogP contribution >= 0.6 is 0 Å². The fraction of sp³-hybridized carbons (Fsp3) is 0.600. The molecule has 1 aromatic rings. The minimum absolute atomic E-state index is 0.273. The van der Waals surface area contributed by atoms with Crippen molar-refractivity contribution in [3.63, 3.8) is 0 Å². The van der Waals surface area contributed by atoms with Crippen molar-refractivity contribution in [1.82, 2.24) is 9.88 Å². The van der Waals surface area contributed by atoms with Gasteiger partial charge in [0.1, 0.15) is 11.4 Å². The Hall–Kier alpha value is -1.82. The Balaban J connectivity index is 1.99. The standard InChI is InChI=1S/C15H24N4O2/c1-19(2)11-6-4-10(5-7-11)17-13-9-8-12(14(16)20)15(18-13)21-3/h8-11H,4-7H2,1-3H3,(H2,16,20)(H,17,18). The van der Waals surface area contributed by atoms with Gasteiger partial charge in [0.2, 0.25) is 5.88 Å².